The van der Waals surface area contributed by atoms with Gasteiger partial charge in [0.15, 0.2) is 0 Å². The van der Waals surface area contributed by atoms with Gasteiger partial charge in [-0.15, -0.1) is 0 Å². The van der Waals surface area contributed by atoms with E-state index >= 15 is 0 Å². The normalized spacial score (nSPS) is 26.2. The number of carbonyl (C=O) groups is 2. The molecule has 102 valence electrons. The van der Waals surface area contributed by atoms with E-state index in [1.807, 2.05) is 11.8 Å². The molecule has 2 amide bonds. The molecule has 2 saturated heterocycles. The third-order valence-electron chi connectivity index (χ3n) is 3.29. The van der Waals surface area contributed by atoms with Gasteiger partial charge in [0.25, 0.3) is 0 Å². The van der Waals surface area contributed by atoms with E-state index in [4.69, 9.17) is 0 Å². The summed E-state index contributed by atoms with van der Waals surface area (Å²) in [5.41, 5.74) is 0. The van der Waals surface area contributed by atoms with Gasteiger partial charge < -0.3 is 15.5 Å². The molecular formula is C12H21N3O2S. The Bertz CT molecular complexity index is 318. The molecule has 18 heavy (non-hydrogen) atoms. The molecule has 2 N–H and O–H groups in total. The summed E-state index contributed by atoms with van der Waals surface area (Å²) in [5, 5.41) is 6.20. The molecule has 2 unspecified atom stereocenters. The summed E-state index contributed by atoms with van der Waals surface area (Å²) < 4.78 is 0. The lowest BCUT2D eigenvalue weighted by Crippen LogP contribution is -2.52. The summed E-state index contributed by atoms with van der Waals surface area (Å²) in [5.74, 6) is 2.17. The molecule has 0 aromatic rings. The Morgan fingerprint density at radius 1 is 1.67 bits per heavy atom. The van der Waals surface area contributed by atoms with Crippen LogP contribution in [0.2, 0.25) is 0 Å². The quantitative estimate of drug-likeness (QED) is 0.744. The lowest BCUT2D eigenvalue weighted by Gasteiger charge is -2.26. The van der Waals surface area contributed by atoms with Crippen molar-refractivity contribution in [3.8, 4) is 0 Å². The zero-order valence-corrected chi connectivity index (χ0v) is 11.6. The minimum atomic E-state index is -0.0829. The van der Waals surface area contributed by atoms with Crippen LogP contribution in [0.3, 0.4) is 0 Å². The van der Waals surface area contributed by atoms with Gasteiger partial charge in [-0.2, -0.15) is 11.8 Å². The van der Waals surface area contributed by atoms with Crippen LogP contribution in [0, 0.1) is 0 Å². The third-order valence-corrected chi connectivity index (χ3v) is 4.35. The molecule has 0 spiro atoms. The monoisotopic (exact) mass is 271 g/mol. The molecule has 0 saturated carbocycles. The zero-order valence-electron chi connectivity index (χ0n) is 10.8. The first-order valence-corrected chi connectivity index (χ1v) is 7.71. The minimum Gasteiger partial charge on any atom is -0.350 e. The van der Waals surface area contributed by atoms with Crippen LogP contribution >= 0.6 is 11.8 Å². The molecule has 2 atom stereocenters. The number of likely N-dealkylation sites (tertiary alicyclic amines) is 1. The number of hydrogen-bond donors (Lipinski definition) is 2. The van der Waals surface area contributed by atoms with Crippen molar-refractivity contribution < 1.29 is 9.59 Å². The molecule has 6 heteroatoms. The Kier molecular flexibility index (Phi) is 4.88. The Labute approximate surface area is 112 Å². The second-order valence-corrected chi connectivity index (χ2v) is 6.08. The van der Waals surface area contributed by atoms with E-state index in [9.17, 15) is 9.59 Å². The van der Waals surface area contributed by atoms with Crippen LogP contribution in [0.1, 0.15) is 19.8 Å². The van der Waals surface area contributed by atoms with Gasteiger partial charge in [0.2, 0.25) is 11.8 Å². The fourth-order valence-corrected chi connectivity index (χ4v) is 3.28. The van der Waals surface area contributed by atoms with Gasteiger partial charge >= 0.3 is 0 Å². The van der Waals surface area contributed by atoms with Gasteiger partial charge in [-0.05, 0) is 13.3 Å². The van der Waals surface area contributed by atoms with Crippen molar-refractivity contribution in [3.63, 3.8) is 0 Å². The first kappa shape index (κ1) is 13.7. The van der Waals surface area contributed by atoms with Gasteiger partial charge in [-0.1, -0.05) is 0 Å². The summed E-state index contributed by atoms with van der Waals surface area (Å²) in [6, 6.07) is -0.0613. The summed E-state index contributed by atoms with van der Waals surface area (Å²) >= 11 is 1.80. The number of amides is 2. The van der Waals surface area contributed by atoms with Crippen LogP contribution in [0.25, 0.3) is 0 Å². The molecule has 0 radical (unpaired) electrons. The van der Waals surface area contributed by atoms with Crippen molar-refractivity contribution in [2.45, 2.75) is 31.8 Å². The van der Waals surface area contributed by atoms with Crippen LogP contribution in [0.15, 0.2) is 0 Å². The maximum absolute atomic E-state index is 12.0. The average Bonchev–Trinajstić information content (AvgIpc) is 2.76. The highest BCUT2D eigenvalue weighted by Crippen LogP contribution is 2.10. The summed E-state index contributed by atoms with van der Waals surface area (Å²) in [6.45, 7) is 4.31. The Hall–Kier alpha value is -0.750. The SMILES string of the molecule is CC(CN1CCCC1=O)NC(=O)C1CSCCN1. The zero-order chi connectivity index (χ0) is 13.0. The van der Waals surface area contributed by atoms with Crippen LogP contribution in [-0.4, -0.2) is 59.9 Å². The first-order chi connectivity index (χ1) is 8.66. The van der Waals surface area contributed by atoms with Crippen molar-refractivity contribution in [2.24, 2.45) is 0 Å². The van der Waals surface area contributed by atoms with Gasteiger partial charge in [0.05, 0.1) is 6.04 Å². The van der Waals surface area contributed by atoms with Crippen LogP contribution in [0.5, 0.6) is 0 Å². The number of thioether (sulfide) groups is 1. The first-order valence-electron chi connectivity index (χ1n) is 6.56. The van der Waals surface area contributed by atoms with Crippen LogP contribution < -0.4 is 10.6 Å². The number of hydrogen-bond acceptors (Lipinski definition) is 4. The molecule has 5 nitrogen and oxygen atoms in total. The van der Waals surface area contributed by atoms with Crippen molar-refractivity contribution in [2.75, 3.05) is 31.1 Å². The molecular weight excluding hydrogens is 250 g/mol. The van der Waals surface area contributed by atoms with Crippen molar-refractivity contribution in [3.05, 3.63) is 0 Å². The Morgan fingerprint density at radius 3 is 3.11 bits per heavy atom. The van der Waals surface area contributed by atoms with E-state index < -0.39 is 0 Å². The second kappa shape index (κ2) is 6.43. The summed E-state index contributed by atoms with van der Waals surface area (Å²) in [4.78, 5) is 25.3. The van der Waals surface area contributed by atoms with Crippen LogP contribution in [0.4, 0.5) is 0 Å². The topological polar surface area (TPSA) is 61.4 Å². The minimum absolute atomic E-state index is 0.0216. The predicted octanol–water partition coefficient (Wildman–Crippen LogP) is -0.181. The lowest BCUT2D eigenvalue weighted by molar-refractivity contribution is -0.129. The molecule has 0 aliphatic carbocycles. The van der Waals surface area contributed by atoms with Crippen molar-refractivity contribution in [1.29, 1.82) is 0 Å². The second-order valence-electron chi connectivity index (χ2n) is 4.93. The third kappa shape index (κ3) is 3.62. The van der Waals surface area contributed by atoms with E-state index in [2.05, 4.69) is 10.6 Å². The van der Waals surface area contributed by atoms with Gasteiger partial charge in [-0.3, -0.25) is 9.59 Å². The molecule has 2 aliphatic heterocycles. The highest BCUT2D eigenvalue weighted by molar-refractivity contribution is 7.99. The smallest absolute Gasteiger partial charge is 0.238 e. The average molecular weight is 271 g/mol. The molecule has 2 aliphatic rings. The maximum atomic E-state index is 12.0. The highest BCUT2D eigenvalue weighted by atomic mass is 32.2. The lowest BCUT2D eigenvalue weighted by atomic mass is 10.2. The van der Waals surface area contributed by atoms with Crippen molar-refractivity contribution in [1.82, 2.24) is 15.5 Å². The van der Waals surface area contributed by atoms with Gasteiger partial charge in [0.1, 0.15) is 0 Å². The highest BCUT2D eigenvalue weighted by Gasteiger charge is 2.25. The number of rotatable bonds is 4. The van der Waals surface area contributed by atoms with Gasteiger partial charge in [-0.25, -0.2) is 0 Å². The maximum Gasteiger partial charge on any atom is 0.238 e. The van der Waals surface area contributed by atoms with Crippen molar-refractivity contribution >= 4 is 23.6 Å². The number of nitrogens with zero attached hydrogens (tertiary/aromatic N) is 1. The van der Waals surface area contributed by atoms with E-state index in [-0.39, 0.29) is 23.9 Å². The summed E-state index contributed by atoms with van der Waals surface area (Å²) in [6.07, 6.45) is 1.60. The molecule has 0 aromatic heterocycles. The molecule has 2 heterocycles. The van der Waals surface area contributed by atoms with E-state index in [0.29, 0.717) is 13.0 Å². The standard InChI is InChI=1S/C12H21N3O2S/c1-9(7-15-5-2-3-11(15)16)14-12(17)10-8-18-6-4-13-10/h9-10,13H,2-8H2,1H3,(H,14,17). The molecule has 2 fully saturated rings. The number of nitrogens with one attached hydrogen (secondary N) is 2. The van der Waals surface area contributed by atoms with E-state index in [1.165, 1.54) is 0 Å². The Morgan fingerprint density at radius 2 is 2.50 bits per heavy atom. The Balaban J connectivity index is 1.74. The fourth-order valence-electron chi connectivity index (χ4n) is 2.35. The summed E-state index contributed by atoms with van der Waals surface area (Å²) in [7, 11) is 0. The predicted molar refractivity (Wildman–Crippen MR) is 72.5 cm³/mol. The van der Waals surface area contributed by atoms with E-state index in [0.717, 1.165) is 31.0 Å². The largest absolute Gasteiger partial charge is 0.350 e. The van der Waals surface area contributed by atoms with E-state index in [1.54, 1.807) is 11.8 Å². The van der Waals surface area contributed by atoms with Crippen LogP contribution in [-0.2, 0) is 9.59 Å². The molecule has 2 rings (SSSR count). The fraction of sp³-hybridized carbons (Fsp3) is 0.833. The van der Waals surface area contributed by atoms with Gasteiger partial charge in [0, 0.05) is 43.6 Å². The molecule has 0 bridgehead atoms. The number of carbonyl (C=O) groups excluding carboxylic acids is 2. The molecule has 0 aromatic carbocycles.